The monoisotopic (exact) mass is 626 g/mol. The topological polar surface area (TPSA) is 87.2 Å². The Morgan fingerprint density at radius 2 is 1.58 bits per heavy atom. The van der Waals surface area contributed by atoms with Gasteiger partial charge < -0.3 is 19.6 Å². The molecular weight excluding hydrogens is 594 g/mol. The van der Waals surface area contributed by atoms with Gasteiger partial charge in [-0.25, -0.2) is 9.18 Å². The van der Waals surface area contributed by atoms with Gasteiger partial charge in [0.1, 0.15) is 30.1 Å². The number of ether oxygens (including phenoxy) is 1. The first-order valence-electron chi connectivity index (χ1n) is 14.4. The van der Waals surface area contributed by atoms with E-state index < -0.39 is 53.9 Å². The first kappa shape index (κ1) is 31.0. The molecule has 2 amide bonds. The van der Waals surface area contributed by atoms with Gasteiger partial charge in [-0.15, -0.1) is 0 Å². The number of likely N-dealkylation sites (tertiary alicyclic amines) is 1. The SMILES string of the molecule is CCC[C@H](C(=O)N1CCC[C@@H]1C(=O)O)N1C(=O)[C@H](Cc2ccc(F)cc2)O[C@@H](c2ccc(Cl)cc2)[C@H]1c1ccc(Cl)cc1. The Bertz CT molecular complexity index is 1450. The van der Waals surface area contributed by atoms with Crippen LogP contribution >= 0.6 is 23.2 Å². The molecule has 3 aromatic carbocycles. The van der Waals surface area contributed by atoms with Crippen molar-refractivity contribution in [3.63, 3.8) is 0 Å². The minimum absolute atomic E-state index is 0.154. The predicted octanol–water partition coefficient (Wildman–Crippen LogP) is 6.63. The van der Waals surface area contributed by atoms with E-state index in [2.05, 4.69) is 0 Å². The summed E-state index contributed by atoms with van der Waals surface area (Å²) >= 11 is 12.5. The molecular formula is C33H33Cl2FN2O5. The number of carbonyl (C=O) groups excluding carboxylic acids is 2. The Balaban J connectivity index is 1.64. The number of carbonyl (C=O) groups is 3. The number of aliphatic carboxylic acids is 1. The molecule has 10 heteroatoms. The van der Waals surface area contributed by atoms with Crippen molar-refractivity contribution in [2.24, 2.45) is 0 Å². The Kier molecular flexibility index (Phi) is 9.69. The van der Waals surface area contributed by atoms with E-state index in [0.717, 1.165) is 5.56 Å². The number of nitrogens with zero attached hydrogens (tertiary/aromatic N) is 2. The largest absolute Gasteiger partial charge is 0.480 e. The number of benzene rings is 3. The van der Waals surface area contributed by atoms with Crippen molar-refractivity contribution in [3.8, 4) is 0 Å². The molecule has 0 radical (unpaired) electrons. The second-order valence-electron chi connectivity index (χ2n) is 11.0. The molecule has 2 heterocycles. The molecule has 1 N–H and O–H groups in total. The van der Waals surface area contributed by atoms with Crippen molar-refractivity contribution >= 4 is 41.0 Å². The van der Waals surface area contributed by atoms with Crippen LogP contribution in [0.25, 0.3) is 0 Å². The summed E-state index contributed by atoms with van der Waals surface area (Å²) in [6.07, 6.45) is 0.292. The smallest absolute Gasteiger partial charge is 0.326 e. The number of carboxylic acid groups (broad SMARTS) is 1. The molecule has 2 fully saturated rings. The van der Waals surface area contributed by atoms with Gasteiger partial charge in [0.2, 0.25) is 5.91 Å². The number of morpholine rings is 1. The Morgan fingerprint density at radius 1 is 0.977 bits per heavy atom. The zero-order valence-electron chi connectivity index (χ0n) is 23.7. The highest BCUT2D eigenvalue weighted by atomic mass is 35.5. The van der Waals surface area contributed by atoms with Crippen LogP contribution in [0.4, 0.5) is 4.39 Å². The molecule has 0 bridgehead atoms. The van der Waals surface area contributed by atoms with E-state index in [4.69, 9.17) is 27.9 Å². The van der Waals surface area contributed by atoms with Crippen LogP contribution in [0.1, 0.15) is 61.4 Å². The number of halogens is 3. The highest BCUT2D eigenvalue weighted by Gasteiger charge is 2.50. The van der Waals surface area contributed by atoms with E-state index in [0.29, 0.717) is 53.4 Å². The molecule has 0 spiro atoms. The second kappa shape index (κ2) is 13.5. The molecule has 226 valence electrons. The fourth-order valence-electron chi connectivity index (χ4n) is 6.12. The first-order valence-corrected chi connectivity index (χ1v) is 15.2. The zero-order valence-corrected chi connectivity index (χ0v) is 25.2. The number of rotatable bonds is 9. The van der Waals surface area contributed by atoms with Gasteiger partial charge >= 0.3 is 5.97 Å². The van der Waals surface area contributed by atoms with Gasteiger partial charge in [-0.3, -0.25) is 9.59 Å². The van der Waals surface area contributed by atoms with Crippen LogP contribution in [0.5, 0.6) is 0 Å². The summed E-state index contributed by atoms with van der Waals surface area (Å²) in [5, 5.41) is 10.9. The van der Waals surface area contributed by atoms with Gasteiger partial charge in [-0.05, 0) is 72.4 Å². The Labute approximate surface area is 260 Å². The third-order valence-corrected chi connectivity index (χ3v) is 8.68. The fraction of sp³-hybridized carbons (Fsp3) is 0.364. The number of hydrogen-bond acceptors (Lipinski definition) is 4. The summed E-state index contributed by atoms with van der Waals surface area (Å²) in [5.41, 5.74) is 2.16. The van der Waals surface area contributed by atoms with Crippen LogP contribution < -0.4 is 0 Å². The lowest BCUT2D eigenvalue weighted by atomic mass is 9.88. The minimum atomic E-state index is -1.06. The van der Waals surface area contributed by atoms with Gasteiger partial charge in [0.05, 0.1) is 6.04 Å². The van der Waals surface area contributed by atoms with E-state index in [-0.39, 0.29) is 6.42 Å². The lowest BCUT2D eigenvalue weighted by Crippen LogP contribution is -2.60. The average Bonchev–Trinajstić information content (AvgIpc) is 3.49. The molecule has 7 nitrogen and oxygen atoms in total. The van der Waals surface area contributed by atoms with Gasteiger partial charge in [-0.1, -0.05) is 72.9 Å². The number of carboxylic acids is 1. The molecule has 0 aromatic heterocycles. The zero-order chi connectivity index (χ0) is 30.7. The van der Waals surface area contributed by atoms with E-state index in [9.17, 15) is 23.9 Å². The van der Waals surface area contributed by atoms with E-state index in [1.165, 1.54) is 17.0 Å². The van der Waals surface area contributed by atoms with Crippen molar-refractivity contribution in [1.82, 2.24) is 9.80 Å². The normalized spacial score (nSPS) is 22.9. The molecule has 0 aliphatic carbocycles. The average molecular weight is 628 g/mol. The summed E-state index contributed by atoms with van der Waals surface area (Å²) in [6, 6.07) is 17.5. The summed E-state index contributed by atoms with van der Waals surface area (Å²) in [6.45, 7) is 2.23. The van der Waals surface area contributed by atoms with Crippen LogP contribution in [0.3, 0.4) is 0 Å². The van der Waals surface area contributed by atoms with E-state index >= 15 is 0 Å². The van der Waals surface area contributed by atoms with Gasteiger partial charge in [0, 0.05) is 23.0 Å². The standard InChI is InChI=1S/C33H33Cl2FN2O5/c1-2-4-26(31(39)37-18-3-5-27(37)33(41)42)38-29(21-8-12-23(34)13-9-21)30(22-10-14-24(35)15-11-22)43-28(32(38)40)19-20-6-16-25(36)17-7-20/h6-17,26-30H,2-5,18-19H2,1H3,(H,41,42)/t26-,27-,28+,29-,30+/m1/s1. The number of amides is 2. The number of hydrogen-bond donors (Lipinski definition) is 1. The van der Waals surface area contributed by atoms with Crippen LogP contribution in [0, 0.1) is 5.82 Å². The lowest BCUT2D eigenvalue weighted by molar-refractivity contribution is -0.183. The maximum Gasteiger partial charge on any atom is 0.326 e. The maximum atomic E-state index is 14.5. The molecule has 2 saturated heterocycles. The quantitative estimate of drug-likeness (QED) is 0.288. The predicted molar refractivity (Wildman–Crippen MR) is 161 cm³/mol. The lowest BCUT2D eigenvalue weighted by Gasteiger charge is -2.48. The molecule has 3 aromatic rings. The third-order valence-electron chi connectivity index (χ3n) is 8.18. The summed E-state index contributed by atoms with van der Waals surface area (Å²) < 4.78 is 20.3. The van der Waals surface area contributed by atoms with Gasteiger partial charge in [-0.2, -0.15) is 0 Å². The van der Waals surface area contributed by atoms with Crippen LogP contribution in [-0.2, 0) is 25.5 Å². The summed E-state index contributed by atoms with van der Waals surface area (Å²) in [7, 11) is 0. The molecule has 0 saturated carbocycles. The van der Waals surface area contributed by atoms with Crippen LogP contribution in [0.15, 0.2) is 72.8 Å². The van der Waals surface area contributed by atoms with Crippen molar-refractivity contribution < 1.29 is 28.6 Å². The van der Waals surface area contributed by atoms with Crippen molar-refractivity contribution in [3.05, 3.63) is 105 Å². The fourth-order valence-corrected chi connectivity index (χ4v) is 6.37. The minimum Gasteiger partial charge on any atom is -0.480 e. The molecule has 5 atom stereocenters. The highest BCUT2D eigenvalue weighted by Crippen LogP contribution is 2.45. The Morgan fingerprint density at radius 3 is 2.16 bits per heavy atom. The molecule has 2 aliphatic heterocycles. The molecule has 2 aliphatic rings. The van der Waals surface area contributed by atoms with Gasteiger partial charge in [0.15, 0.2) is 0 Å². The first-order chi connectivity index (χ1) is 20.7. The van der Waals surface area contributed by atoms with Crippen LogP contribution in [-0.4, -0.2) is 57.4 Å². The molecule has 0 unspecified atom stereocenters. The van der Waals surface area contributed by atoms with Crippen molar-refractivity contribution in [2.75, 3.05) is 6.54 Å². The van der Waals surface area contributed by atoms with Crippen molar-refractivity contribution in [2.45, 2.75) is 69.4 Å². The van der Waals surface area contributed by atoms with E-state index in [1.807, 2.05) is 31.2 Å². The molecule has 43 heavy (non-hydrogen) atoms. The third kappa shape index (κ3) is 6.71. The summed E-state index contributed by atoms with van der Waals surface area (Å²) in [4.78, 5) is 43.8. The van der Waals surface area contributed by atoms with Crippen molar-refractivity contribution in [1.29, 1.82) is 0 Å². The summed E-state index contributed by atoms with van der Waals surface area (Å²) in [5.74, 6) is -2.24. The second-order valence-corrected chi connectivity index (χ2v) is 11.9. The van der Waals surface area contributed by atoms with Crippen LogP contribution in [0.2, 0.25) is 10.0 Å². The van der Waals surface area contributed by atoms with E-state index in [1.54, 1.807) is 41.3 Å². The maximum absolute atomic E-state index is 14.5. The molecule has 5 rings (SSSR count). The van der Waals surface area contributed by atoms with Gasteiger partial charge in [0.25, 0.3) is 5.91 Å². The highest BCUT2D eigenvalue weighted by molar-refractivity contribution is 6.30. The Hall–Kier alpha value is -3.46.